The van der Waals surface area contributed by atoms with Crippen molar-refractivity contribution in [2.24, 2.45) is 0 Å². The van der Waals surface area contributed by atoms with E-state index in [0.29, 0.717) is 19.3 Å². The van der Waals surface area contributed by atoms with Crippen LogP contribution >= 0.6 is 0 Å². The Labute approximate surface area is 256 Å². The van der Waals surface area contributed by atoms with E-state index in [4.69, 9.17) is 4.74 Å². The molecular formula is C29H34F6N4O5S. The maximum Gasteiger partial charge on any atom is 0.416 e. The zero-order chi connectivity index (χ0) is 33.4. The molecule has 2 aliphatic rings. The molecule has 1 aromatic carbocycles. The molecule has 1 saturated carbocycles. The summed E-state index contributed by atoms with van der Waals surface area (Å²) < 4.78 is 116. The van der Waals surface area contributed by atoms with Crippen LogP contribution in [0.15, 0.2) is 42.1 Å². The number of alkyl halides is 6. The highest BCUT2D eigenvalue weighted by Crippen LogP contribution is 2.48. The number of hydrogen-bond donors (Lipinski definition) is 2. The molecule has 1 unspecified atom stereocenters. The van der Waals surface area contributed by atoms with Crippen molar-refractivity contribution in [2.75, 3.05) is 6.61 Å². The SMILES string of the molecule is CC(C)(C)n1ccc(C2=C(C(=O)NS(=O)(=O)C3CC3)C(=O)NC(c3ccc(OCCCCCC(F)(F)F)cc3)(C(F)(F)F)C2)n1. The fourth-order valence-corrected chi connectivity index (χ4v) is 6.17. The molecule has 45 heavy (non-hydrogen) atoms. The second kappa shape index (κ2) is 12.3. The van der Waals surface area contributed by atoms with E-state index in [9.17, 15) is 44.3 Å². The minimum atomic E-state index is -5.09. The number of ether oxygens (including phenoxy) is 1. The summed E-state index contributed by atoms with van der Waals surface area (Å²) in [6.07, 6.45) is -8.66. The maximum absolute atomic E-state index is 15.0. The van der Waals surface area contributed by atoms with E-state index in [0.717, 1.165) is 12.1 Å². The quantitative estimate of drug-likeness (QED) is 0.187. The number of unbranched alkanes of at least 4 members (excludes halogenated alkanes) is 2. The molecule has 248 valence electrons. The van der Waals surface area contributed by atoms with Crippen LogP contribution in [0, 0.1) is 0 Å². The van der Waals surface area contributed by atoms with Crippen molar-refractivity contribution in [3.8, 4) is 5.75 Å². The number of aromatic nitrogens is 2. The maximum atomic E-state index is 15.0. The minimum Gasteiger partial charge on any atom is -0.494 e. The van der Waals surface area contributed by atoms with E-state index in [2.05, 4.69) is 5.10 Å². The number of amides is 2. The van der Waals surface area contributed by atoms with E-state index in [-0.39, 0.29) is 36.5 Å². The summed E-state index contributed by atoms with van der Waals surface area (Å²) >= 11 is 0. The van der Waals surface area contributed by atoms with Gasteiger partial charge in [-0.25, -0.2) is 13.1 Å². The molecule has 0 bridgehead atoms. The summed E-state index contributed by atoms with van der Waals surface area (Å²) in [6.45, 7) is 5.40. The fraction of sp³-hybridized carbons (Fsp3) is 0.552. The summed E-state index contributed by atoms with van der Waals surface area (Å²) in [5.74, 6) is -2.62. The molecule has 2 heterocycles. The van der Waals surface area contributed by atoms with Gasteiger partial charge in [-0.1, -0.05) is 12.1 Å². The zero-order valence-corrected chi connectivity index (χ0v) is 25.6. The average Bonchev–Trinajstić information content (AvgIpc) is 3.65. The Kier molecular flexibility index (Phi) is 9.40. The number of nitrogens with one attached hydrogen (secondary N) is 2. The first-order chi connectivity index (χ1) is 20.7. The largest absolute Gasteiger partial charge is 0.494 e. The Morgan fingerprint density at radius 2 is 1.69 bits per heavy atom. The lowest BCUT2D eigenvalue weighted by Gasteiger charge is -2.41. The van der Waals surface area contributed by atoms with Crippen LogP contribution in [0.2, 0.25) is 0 Å². The minimum absolute atomic E-state index is 0.0455. The van der Waals surface area contributed by atoms with Gasteiger partial charge >= 0.3 is 12.4 Å². The monoisotopic (exact) mass is 664 g/mol. The van der Waals surface area contributed by atoms with E-state index < -0.39 is 74.5 Å². The van der Waals surface area contributed by atoms with Crippen LogP contribution in [-0.2, 0) is 30.7 Å². The smallest absolute Gasteiger partial charge is 0.416 e. The van der Waals surface area contributed by atoms with Gasteiger partial charge < -0.3 is 10.1 Å². The molecule has 1 atom stereocenters. The fourth-order valence-electron chi connectivity index (χ4n) is 4.89. The summed E-state index contributed by atoms with van der Waals surface area (Å²) in [6, 6.07) is 6.04. The van der Waals surface area contributed by atoms with E-state index in [1.165, 1.54) is 29.1 Å². The van der Waals surface area contributed by atoms with Gasteiger partial charge in [-0.2, -0.15) is 31.4 Å². The van der Waals surface area contributed by atoms with Crippen molar-refractivity contribution in [1.82, 2.24) is 19.8 Å². The highest BCUT2D eigenvalue weighted by atomic mass is 32.2. The van der Waals surface area contributed by atoms with Crippen molar-refractivity contribution in [3.63, 3.8) is 0 Å². The first kappa shape index (κ1) is 34.3. The van der Waals surface area contributed by atoms with Crippen LogP contribution < -0.4 is 14.8 Å². The highest BCUT2D eigenvalue weighted by Gasteiger charge is 2.60. The lowest BCUT2D eigenvalue weighted by Crippen LogP contribution is -2.60. The summed E-state index contributed by atoms with van der Waals surface area (Å²) in [5, 5.41) is 5.45. The van der Waals surface area contributed by atoms with Crippen LogP contribution in [-0.4, -0.2) is 54.2 Å². The number of sulfonamides is 1. The Morgan fingerprint density at radius 1 is 1.04 bits per heavy atom. The normalized spacial score (nSPS) is 19.8. The lowest BCUT2D eigenvalue weighted by atomic mass is 9.77. The first-order valence-corrected chi connectivity index (χ1v) is 15.8. The average molecular weight is 665 g/mol. The Balaban J connectivity index is 1.66. The second-order valence-corrected chi connectivity index (χ2v) is 14.1. The van der Waals surface area contributed by atoms with Gasteiger partial charge in [0, 0.05) is 24.6 Å². The number of hydrogen-bond acceptors (Lipinski definition) is 6. The third kappa shape index (κ3) is 8.00. The van der Waals surface area contributed by atoms with Gasteiger partial charge in [-0.15, -0.1) is 0 Å². The predicted octanol–water partition coefficient (Wildman–Crippen LogP) is 5.48. The van der Waals surface area contributed by atoms with E-state index in [1.54, 1.807) is 20.8 Å². The predicted molar refractivity (Wildman–Crippen MR) is 151 cm³/mol. The number of nitrogens with zero attached hydrogens (tertiary/aromatic N) is 2. The summed E-state index contributed by atoms with van der Waals surface area (Å²) in [7, 11) is -4.14. The van der Waals surface area contributed by atoms with Crippen LogP contribution in [0.3, 0.4) is 0 Å². The first-order valence-electron chi connectivity index (χ1n) is 14.3. The van der Waals surface area contributed by atoms with Gasteiger partial charge in [0.25, 0.3) is 11.8 Å². The van der Waals surface area contributed by atoms with Gasteiger partial charge in [-0.3, -0.25) is 14.3 Å². The molecule has 1 aliphatic heterocycles. The molecule has 0 saturated heterocycles. The third-order valence-corrected chi connectivity index (χ3v) is 9.33. The van der Waals surface area contributed by atoms with Gasteiger partial charge in [0.15, 0.2) is 5.54 Å². The molecule has 2 N–H and O–H groups in total. The standard InChI is InChI=1S/C29H34F6N4O5S/c1-26(2,3)39-15-13-22(37-39)21-17-27(29(33,34)35,36-24(40)23(21)25(41)38-45(42,43)20-11-12-20)18-7-9-19(10-8-18)44-16-6-4-5-14-28(30,31)32/h7-10,13,15,20H,4-6,11-12,14,16-17H2,1-3H3,(H,36,40)(H,38,41). The van der Waals surface area contributed by atoms with Gasteiger partial charge in [0.1, 0.15) is 11.3 Å². The van der Waals surface area contributed by atoms with Gasteiger partial charge in [-0.05, 0) is 76.6 Å². The molecule has 1 fully saturated rings. The summed E-state index contributed by atoms with van der Waals surface area (Å²) in [4.78, 5) is 26.6. The molecule has 4 rings (SSSR count). The molecule has 2 amide bonds. The van der Waals surface area contributed by atoms with Crippen molar-refractivity contribution in [1.29, 1.82) is 0 Å². The highest BCUT2D eigenvalue weighted by molar-refractivity contribution is 7.91. The third-order valence-electron chi connectivity index (χ3n) is 7.51. The number of rotatable bonds is 11. The van der Waals surface area contributed by atoms with Gasteiger partial charge in [0.2, 0.25) is 10.0 Å². The Bertz CT molecular complexity index is 1550. The van der Waals surface area contributed by atoms with Crippen molar-refractivity contribution in [2.45, 2.75) is 94.4 Å². The number of benzene rings is 1. The molecule has 9 nitrogen and oxygen atoms in total. The number of carbonyl (C=O) groups is 2. The number of carbonyl (C=O) groups excluding carboxylic acids is 2. The van der Waals surface area contributed by atoms with Crippen molar-refractivity contribution in [3.05, 3.63) is 53.4 Å². The van der Waals surface area contributed by atoms with Crippen molar-refractivity contribution < 1.29 is 49.1 Å². The molecule has 16 heteroatoms. The zero-order valence-electron chi connectivity index (χ0n) is 24.8. The molecule has 2 aromatic rings. The second-order valence-electron chi connectivity index (χ2n) is 12.2. The van der Waals surface area contributed by atoms with Crippen LogP contribution in [0.1, 0.15) is 77.0 Å². The van der Waals surface area contributed by atoms with Crippen LogP contribution in [0.25, 0.3) is 5.57 Å². The Hall–Kier alpha value is -3.56. The van der Waals surface area contributed by atoms with E-state index >= 15 is 0 Å². The topological polar surface area (TPSA) is 119 Å². The summed E-state index contributed by atoms with van der Waals surface area (Å²) in [5.41, 5.74) is -5.31. The Morgan fingerprint density at radius 3 is 2.22 bits per heavy atom. The number of halogens is 6. The van der Waals surface area contributed by atoms with Crippen molar-refractivity contribution >= 4 is 27.4 Å². The molecular weight excluding hydrogens is 630 g/mol. The van der Waals surface area contributed by atoms with E-state index in [1.807, 2.05) is 10.0 Å². The molecule has 1 aromatic heterocycles. The molecule has 0 spiro atoms. The molecule has 0 radical (unpaired) electrons. The lowest BCUT2D eigenvalue weighted by molar-refractivity contribution is -0.202. The van der Waals surface area contributed by atoms with Crippen LogP contribution in [0.4, 0.5) is 26.3 Å². The van der Waals surface area contributed by atoms with Gasteiger partial charge in [0.05, 0.1) is 23.1 Å². The molecule has 1 aliphatic carbocycles. The van der Waals surface area contributed by atoms with Crippen LogP contribution in [0.5, 0.6) is 5.75 Å².